The fraction of sp³-hybridized carbons (Fsp3) is 0.222. The van der Waals surface area contributed by atoms with Crippen LogP contribution in [0.4, 0.5) is 32.0 Å². The van der Waals surface area contributed by atoms with Crippen LogP contribution in [-0.4, -0.2) is 14.8 Å². The zero-order valence-electron chi connectivity index (χ0n) is 14.4. The van der Waals surface area contributed by atoms with Crippen molar-refractivity contribution in [3.8, 4) is 11.3 Å². The molecule has 28 heavy (non-hydrogen) atoms. The summed E-state index contributed by atoms with van der Waals surface area (Å²) in [7, 11) is 1.66. The summed E-state index contributed by atoms with van der Waals surface area (Å²) in [4.78, 5) is 3.99. The third-order valence-corrected chi connectivity index (χ3v) is 3.91. The summed E-state index contributed by atoms with van der Waals surface area (Å²) < 4.78 is 79.3. The molecule has 3 aromatic rings. The number of alkyl halides is 6. The molecule has 0 unspecified atom stereocenters. The summed E-state index contributed by atoms with van der Waals surface area (Å²) in [5.41, 5.74) is -1.22. The lowest BCUT2D eigenvalue weighted by molar-refractivity contribution is -0.143. The van der Waals surface area contributed by atoms with Crippen molar-refractivity contribution in [1.29, 1.82) is 0 Å². The van der Waals surface area contributed by atoms with Crippen LogP contribution < -0.4 is 5.32 Å². The lowest BCUT2D eigenvalue weighted by Crippen LogP contribution is -2.12. The predicted molar refractivity (Wildman–Crippen MR) is 90.2 cm³/mol. The molecule has 0 amide bonds. The van der Waals surface area contributed by atoms with E-state index in [2.05, 4.69) is 15.4 Å². The smallest absolute Gasteiger partial charge is 0.381 e. The minimum absolute atomic E-state index is 0.0172. The molecule has 148 valence electrons. The largest absolute Gasteiger partial charge is 0.416 e. The lowest BCUT2D eigenvalue weighted by Gasteiger charge is -2.15. The van der Waals surface area contributed by atoms with Gasteiger partial charge in [0, 0.05) is 49.0 Å². The average Bonchev–Trinajstić information content (AvgIpc) is 3.00. The molecule has 1 N–H and O–H groups in total. The number of halogens is 6. The molecule has 2 aromatic heterocycles. The Morgan fingerprint density at radius 1 is 1.00 bits per heavy atom. The highest BCUT2D eigenvalue weighted by atomic mass is 19.4. The Bertz CT molecular complexity index is 928. The Kier molecular flexibility index (Phi) is 5.05. The van der Waals surface area contributed by atoms with E-state index in [0.29, 0.717) is 29.0 Å². The first-order chi connectivity index (χ1) is 13.0. The first-order valence-electron chi connectivity index (χ1n) is 8.00. The van der Waals surface area contributed by atoms with E-state index in [9.17, 15) is 26.3 Å². The number of hydrogen-bond donors (Lipinski definition) is 1. The summed E-state index contributed by atoms with van der Waals surface area (Å²) in [6.07, 6.45) is -5.02. The fourth-order valence-electron chi connectivity index (χ4n) is 2.67. The Labute approximate surface area is 155 Å². The fourth-order valence-corrected chi connectivity index (χ4v) is 2.67. The zero-order valence-corrected chi connectivity index (χ0v) is 14.4. The van der Waals surface area contributed by atoms with Gasteiger partial charge in [0.1, 0.15) is 0 Å². The second-order valence-corrected chi connectivity index (χ2v) is 6.07. The molecule has 0 radical (unpaired) electrons. The van der Waals surface area contributed by atoms with Crippen LogP contribution in [0.5, 0.6) is 0 Å². The van der Waals surface area contributed by atoms with Crippen LogP contribution in [0.25, 0.3) is 11.3 Å². The van der Waals surface area contributed by atoms with Crippen molar-refractivity contribution in [2.75, 3.05) is 5.32 Å². The van der Waals surface area contributed by atoms with E-state index in [0.717, 1.165) is 0 Å². The van der Waals surface area contributed by atoms with Crippen molar-refractivity contribution < 1.29 is 26.3 Å². The topological polar surface area (TPSA) is 42.7 Å². The second kappa shape index (κ2) is 7.17. The summed E-state index contributed by atoms with van der Waals surface area (Å²) in [5.74, 6) is 0. The molecule has 10 heteroatoms. The number of hydrogen-bond acceptors (Lipinski definition) is 3. The molecule has 0 spiro atoms. The van der Waals surface area contributed by atoms with Gasteiger partial charge in [0.25, 0.3) is 0 Å². The van der Waals surface area contributed by atoms with E-state index in [1.54, 1.807) is 37.8 Å². The molecule has 0 aliphatic heterocycles. The molecule has 0 aliphatic rings. The van der Waals surface area contributed by atoms with Gasteiger partial charge in [-0.3, -0.25) is 9.67 Å². The molecule has 0 saturated heterocycles. The number of aryl methyl sites for hydroxylation is 1. The van der Waals surface area contributed by atoms with Crippen LogP contribution in [0.3, 0.4) is 0 Å². The molecule has 0 fully saturated rings. The second-order valence-electron chi connectivity index (χ2n) is 6.07. The van der Waals surface area contributed by atoms with Gasteiger partial charge in [-0.1, -0.05) is 0 Å². The molecular formula is C18H14F6N4. The van der Waals surface area contributed by atoms with E-state index in [1.807, 2.05) is 0 Å². The third kappa shape index (κ3) is 4.44. The molecule has 3 rings (SSSR count). The van der Waals surface area contributed by atoms with Crippen LogP contribution in [0.1, 0.15) is 16.7 Å². The van der Waals surface area contributed by atoms with Gasteiger partial charge in [-0.15, -0.1) is 0 Å². The van der Waals surface area contributed by atoms with Gasteiger partial charge in [-0.2, -0.15) is 31.4 Å². The lowest BCUT2D eigenvalue weighted by atomic mass is 10.1. The van der Waals surface area contributed by atoms with E-state index in [4.69, 9.17) is 0 Å². The van der Waals surface area contributed by atoms with Crippen molar-refractivity contribution >= 4 is 5.69 Å². The van der Waals surface area contributed by atoms with Crippen molar-refractivity contribution in [2.45, 2.75) is 18.9 Å². The first-order valence-corrected chi connectivity index (χ1v) is 8.00. The van der Waals surface area contributed by atoms with Crippen molar-refractivity contribution in [3.05, 3.63) is 65.6 Å². The molecule has 2 heterocycles. The zero-order chi connectivity index (χ0) is 20.5. The van der Waals surface area contributed by atoms with Crippen LogP contribution in [0, 0.1) is 0 Å². The third-order valence-electron chi connectivity index (χ3n) is 3.91. The van der Waals surface area contributed by atoms with Crippen LogP contribution >= 0.6 is 0 Å². The SMILES string of the molecule is Cn1cc(CNc2cc(C(F)(F)F)cc(C(F)(F)F)c2)c(-c2cccnc2)n1. The molecule has 1 aromatic carbocycles. The normalized spacial score (nSPS) is 12.2. The predicted octanol–water partition coefficient (Wildman–Crippen LogP) is 5.13. The number of anilines is 1. The van der Waals surface area contributed by atoms with Gasteiger partial charge < -0.3 is 5.32 Å². The minimum atomic E-state index is -4.90. The van der Waals surface area contributed by atoms with E-state index in [1.165, 1.54) is 4.68 Å². The number of nitrogens with zero attached hydrogens (tertiary/aromatic N) is 3. The van der Waals surface area contributed by atoms with E-state index in [-0.39, 0.29) is 18.3 Å². The maximum absolute atomic E-state index is 13.0. The molecule has 4 nitrogen and oxygen atoms in total. The van der Waals surface area contributed by atoms with Crippen molar-refractivity contribution in [3.63, 3.8) is 0 Å². The summed E-state index contributed by atoms with van der Waals surface area (Å²) in [5, 5.41) is 6.92. The van der Waals surface area contributed by atoms with E-state index >= 15 is 0 Å². The van der Waals surface area contributed by atoms with Crippen molar-refractivity contribution in [1.82, 2.24) is 14.8 Å². The number of rotatable bonds is 4. The quantitative estimate of drug-likeness (QED) is 0.618. The number of aromatic nitrogens is 3. The Morgan fingerprint density at radius 3 is 2.18 bits per heavy atom. The maximum atomic E-state index is 13.0. The van der Waals surface area contributed by atoms with Gasteiger partial charge in [-0.25, -0.2) is 0 Å². The summed E-state index contributed by atoms with van der Waals surface area (Å²) in [6.45, 7) is -0.0172. The van der Waals surface area contributed by atoms with Gasteiger partial charge in [-0.05, 0) is 30.3 Å². The molecule has 0 atom stereocenters. The number of benzene rings is 1. The number of pyridine rings is 1. The highest BCUT2D eigenvalue weighted by molar-refractivity contribution is 5.62. The first kappa shape index (κ1) is 19.7. The van der Waals surface area contributed by atoms with E-state index < -0.39 is 23.5 Å². The van der Waals surface area contributed by atoms with Crippen LogP contribution in [0.2, 0.25) is 0 Å². The van der Waals surface area contributed by atoms with Gasteiger partial charge in [0.05, 0.1) is 16.8 Å². The molecule has 0 bridgehead atoms. The standard InChI is InChI=1S/C18H14F6N4/c1-28-10-12(16(27-28)11-3-2-4-25-8-11)9-26-15-6-13(17(19,20)21)5-14(7-15)18(22,23)24/h2-8,10,26H,9H2,1H3. The Balaban J connectivity index is 1.91. The van der Waals surface area contributed by atoms with Crippen LogP contribution in [-0.2, 0) is 25.9 Å². The highest BCUT2D eigenvalue weighted by Crippen LogP contribution is 2.37. The average molecular weight is 400 g/mol. The van der Waals surface area contributed by atoms with Crippen LogP contribution in [0.15, 0.2) is 48.9 Å². The Morgan fingerprint density at radius 2 is 1.64 bits per heavy atom. The summed E-state index contributed by atoms with van der Waals surface area (Å²) in [6, 6.07) is 4.84. The minimum Gasteiger partial charge on any atom is -0.381 e. The Hall–Kier alpha value is -3.04. The monoisotopic (exact) mass is 400 g/mol. The van der Waals surface area contributed by atoms with Gasteiger partial charge in [0.15, 0.2) is 0 Å². The van der Waals surface area contributed by atoms with Gasteiger partial charge >= 0.3 is 12.4 Å². The summed E-state index contributed by atoms with van der Waals surface area (Å²) >= 11 is 0. The molecular weight excluding hydrogens is 386 g/mol. The van der Waals surface area contributed by atoms with Crippen molar-refractivity contribution in [2.24, 2.45) is 7.05 Å². The highest BCUT2D eigenvalue weighted by Gasteiger charge is 2.36. The number of nitrogens with one attached hydrogen (secondary N) is 1. The maximum Gasteiger partial charge on any atom is 0.416 e. The molecule has 0 saturated carbocycles. The molecule has 0 aliphatic carbocycles. The van der Waals surface area contributed by atoms with Gasteiger partial charge in [0.2, 0.25) is 0 Å².